The van der Waals surface area contributed by atoms with Crippen LogP contribution in [0, 0.1) is 17.2 Å². The molecule has 1 heterocycles. The molecule has 1 aromatic carbocycles. The molecular weight excluding hydrogens is 344 g/mol. The summed E-state index contributed by atoms with van der Waals surface area (Å²) in [6, 6.07) is 9.24. The number of piperidine rings is 1. The molecule has 0 saturated carbocycles. The minimum atomic E-state index is -0.463. The molecule has 1 saturated heterocycles. The number of carbonyl (C=O) groups excluding carboxylic acids is 2. The first kappa shape index (κ1) is 20.6. The third-order valence-electron chi connectivity index (χ3n) is 4.27. The maximum Gasteiger partial charge on any atom is 0.410 e. The van der Waals surface area contributed by atoms with Gasteiger partial charge in [-0.1, -0.05) is 0 Å². The van der Waals surface area contributed by atoms with Crippen molar-refractivity contribution >= 4 is 23.4 Å². The molecule has 146 valence electrons. The normalized spacial score (nSPS) is 15.0. The monoisotopic (exact) mass is 372 g/mol. The number of hydrogen-bond donors (Lipinski definition) is 2. The summed E-state index contributed by atoms with van der Waals surface area (Å²) in [4.78, 5) is 25.3. The number of nitrogens with zero attached hydrogens (tertiary/aromatic N) is 2. The van der Waals surface area contributed by atoms with Crippen molar-refractivity contribution in [2.45, 2.75) is 45.6 Å². The highest BCUT2D eigenvalue weighted by Gasteiger charge is 2.26. The summed E-state index contributed by atoms with van der Waals surface area (Å²) in [5, 5.41) is 14.6. The third kappa shape index (κ3) is 7.18. The minimum absolute atomic E-state index is 0.151. The van der Waals surface area contributed by atoms with Crippen LogP contribution in [0.15, 0.2) is 24.3 Å². The Hall–Kier alpha value is -2.75. The molecule has 0 atom stereocenters. The van der Waals surface area contributed by atoms with Crippen molar-refractivity contribution in [3.8, 4) is 6.07 Å². The zero-order valence-corrected chi connectivity index (χ0v) is 16.2. The molecule has 0 aliphatic carbocycles. The molecule has 0 spiro atoms. The Bertz CT molecular complexity index is 681. The molecule has 0 radical (unpaired) electrons. The Morgan fingerprint density at radius 3 is 2.33 bits per heavy atom. The van der Waals surface area contributed by atoms with Crippen molar-refractivity contribution in [2.24, 2.45) is 5.92 Å². The fourth-order valence-corrected chi connectivity index (χ4v) is 2.86. The molecule has 2 amide bonds. The number of amides is 2. The van der Waals surface area contributed by atoms with E-state index >= 15 is 0 Å². The van der Waals surface area contributed by atoms with E-state index < -0.39 is 5.60 Å². The van der Waals surface area contributed by atoms with E-state index in [1.54, 1.807) is 4.90 Å². The summed E-state index contributed by atoms with van der Waals surface area (Å²) in [5.74, 6) is 0.189. The second kappa shape index (κ2) is 9.26. The quantitative estimate of drug-likeness (QED) is 0.823. The first-order valence-electron chi connectivity index (χ1n) is 9.25. The molecular formula is C20H28N4O3. The second-order valence-corrected chi connectivity index (χ2v) is 7.75. The number of hydrogen-bond acceptors (Lipinski definition) is 5. The van der Waals surface area contributed by atoms with E-state index in [4.69, 9.17) is 10.00 Å². The van der Waals surface area contributed by atoms with Gasteiger partial charge in [-0.3, -0.25) is 4.79 Å². The number of nitrogens with one attached hydrogen (secondary N) is 2. The van der Waals surface area contributed by atoms with Crippen LogP contribution in [0.4, 0.5) is 16.2 Å². The van der Waals surface area contributed by atoms with E-state index in [0.717, 1.165) is 25.1 Å². The molecule has 2 rings (SSSR count). The van der Waals surface area contributed by atoms with Gasteiger partial charge in [0, 0.05) is 31.0 Å². The highest BCUT2D eigenvalue weighted by molar-refractivity contribution is 5.92. The van der Waals surface area contributed by atoms with Crippen LogP contribution in [0.25, 0.3) is 0 Å². The van der Waals surface area contributed by atoms with Gasteiger partial charge in [0.1, 0.15) is 12.0 Å². The van der Waals surface area contributed by atoms with Crippen molar-refractivity contribution in [3.05, 3.63) is 24.3 Å². The average Bonchev–Trinajstić information content (AvgIpc) is 2.60. The van der Waals surface area contributed by atoms with Crippen LogP contribution in [-0.2, 0) is 9.53 Å². The van der Waals surface area contributed by atoms with E-state index in [-0.39, 0.29) is 18.4 Å². The van der Waals surface area contributed by atoms with Gasteiger partial charge < -0.3 is 20.3 Å². The van der Waals surface area contributed by atoms with E-state index in [1.807, 2.05) is 51.1 Å². The number of rotatable bonds is 5. The van der Waals surface area contributed by atoms with Gasteiger partial charge in [0.2, 0.25) is 5.91 Å². The van der Waals surface area contributed by atoms with Crippen LogP contribution in [0.2, 0.25) is 0 Å². The SMILES string of the molecule is CC(C)(C)OC(=O)N1CCC(CNc2ccc(NC(=O)CC#N)cc2)CC1. The lowest BCUT2D eigenvalue weighted by Gasteiger charge is -2.33. The van der Waals surface area contributed by atoms with Crippen molar-refractivity contribution in [1.29, 1.82) is 5.26 Å². The summed E-state index contributed by atoms with van der Waals surface area (Å²) < 4.78 is 5.42. The highest BCUT2D eigenvalue weighted by atomic mass is 16.6. The maximum atomic E-state index is 12.1. The van der Waals surface area contributed by atoms with Crippen molar-refractivity contribution in [1.82, 2.24) is 4.90 Å². The standard InChI is InChI=1S/C20H28N4O3/c1-20(2,3)27-19(26)24-12-9-15(10-13-24)14-22-16-4-6-17(7-5-16)23-18(25)8-11-21/h4-7,15,22H,8-10,12-14H2,1-3H3,(H,23,25). The highest BCUT2D eigenvalue weighted by Crippen LogP contribution is 2.21. The van der Waals surface area contributed by atoms with Crippen molar-refractivity contribution in [3.63, 3.8) is 0 Å². The van der Waals surface area contributed by atoms with E-state index in [1.165, 1.54) is 0 Å². The Balaban J connectivity index is 1.73. The molecule has 1 aliphatic rings. The lowest BCUT2D eigenvalue weighted by molar-refractivity contribution is -0.115. The smallest absolute Gasteiger partial charge is 0.410 e. The molecule has 0 unspecified atom stereocenters. The number of anilines is 2. The van der Waals surface area contributed by atoms with E-state index in [0.29, 0.717) is 24.7 Å². The van der Waals surface area contributed by atoms with E-state index in [2.05, 4.69) is 10.6 Å². The Morgan fingerprint density at radius 2 is 1.78 bits per heavy atom. The summed E-state index contributed by atoms with van der Waals surface area (Å²) in [7, 11) is 0. The van der Waals surface area contributed by atoms with Crippen molar-refractivity contribution < 1.29 is 14.3 Å². The zero-order valence-electron chi connectivity index (χ0n) is 16.2. The van der Waals surface area contributed by atoms with Gasteiger partial charge in [0.05, 0.1) is 6.07 Å². The summed E-state index contributed by atoms with van der Waals surface area (Å²) >= 11 is 0. The van der Waals surface area contributed by atoms with Crippen LogP contribution in [-0.4, -0.2) is 42.1 Å². The van der Waals surface area contributed by atoms with E-state index in [9.17, 15) is 9.59 Å². The molecule has 1 aromatic rings. The summed E-state index contributed by atoms with van der Waals surface area (Å²) in [5.41, 5.74) is 1.18. The first-order valence-corrected chi connectivity index (χ1v) is 9.25. The lowest BCUT2D eigenvalue weighted by Crippen LogP contribution is -2.42. The Kier molecular flexibility index (Phi) is 7.05. The molecule has 1 aliphatic heterocycles. The van der Waals surface area contributed by atoms with Gasteiger partial charge >= 0.3 is 6.09 Å². The fourth-order valence-electron chi connectivity index (χ4n) is 2.86. The lowest BCUT2D eigenvalue weighted by atomic mass is 9.97. The van der Waals surface area contributed by atoms with Crippen LogP contribution < -0.4 is 10.6 Å². The average molecular weight is 372 g/mol. The predicted octanol–water partition coefficient (Wildman–Crippen LogP) is 3.60. The maximum absolute atomic E-state index is 12.1. The van der Waals surface area contributed by atoms with Crippen LogP contribution in [0.5, 0.6) is 0 Å². The van der Waals surface area contributed by atoms with Crippen molar-refractivity contribution in [2.75, 3.05) is 30.3 Å². The van der Waals surface area contributed by atoms with Gasteiger partial charge in [0.25, 0.3) is 0 Å². The summed E-state index contributed by atoms with van der Waals surface area (Å²) in [6.07, 6.45) is 1.49. The number of benzene rings is 1. The second-order valence-electron chi connectivity index (χ2n) is 7.75. The molecule has 0 aromatic heterocycles. The molecule has 27 heavy (non-hydrogen) atoms. The van der Waals surface area contributed by atoms with Gasteiger partial charge in [-0.05, 0) is 63.8 Å². The number of carbonyl (C=O) groups is 2. The van der Waals surface area contributed by atoms with Crippen LogP contribution in [0.1, 0.15) is 40.0 Å². The third-order valence-corrected chi connectivity index (χ3v) is 4.27. The van der Waals surface area contributed by atoms with Gasteiger partial charge in [0.15, 0.2) is 0 Å². The Morgan fingerprint density at radius 1 is 1.19 bits per heavy atom. The molecule has 0 bridgehead atoms. The van der Waals surface area contributed by atoms with Crippen LogP contribution >= 0.6 is 0 Å². The summed E-state index contributed by atoms with van der Waals surface area (Å²) in [6.45, 7) is 7.89. The topological polar surface area (TPSA) is 94.5 Å². The first-order chi connectivity index (χ1) is 12.8. The minimum Gasteiger partial charge on any atom is -0.444 e. The zero-order chi connectivity index (χ0) is 19.9. The van der Waals surface area contributed by atoms with Gasteiger partial charge in [-0.25, -0.2) is 4.79 Å². The molecule has 2 N–H and O–H groups in total. The number of nitriles is 1. The molecule has 7 nitrogen and oxygen atoms in total. The van der Waals surface area contributed by atoms with Gasteiger partial charge in [-0.2, -0.15) is 5.26 Å². The fraction of sp³-hybridized carbons (Fsp3) is 0.550. The number of ether oxygens (including phenoxy) is 1. The van der Waals surface area contributed by atoms with Crippen LogP contribution in [0.3, 0.4) is 0 Å². The Labute approximate surface area is 160 Å². The largest absolute Gasteiger partial charge is 0.444 e. The number of likely N-dealkylation sites (tertiary alicyclic amines) is 1. The van der Waals surface area contributed by atoms with Gasteiger partial charge in [-0.15, -0.1) is 0 Å². The predicted molar refractivity (Wildman–Crippen MR) is 104 cm³/mol. The molecule has 7 heteroatoms. The molecule has 1 fully saturated rings.